The van der Waals surface area contributed by atoms with Crippen LogP contribution >= 0.6 is 0 Å². The number of ether oxygens (including phenoxy) is 1. The molecule has 2 amide bonds. The van der Waals surface area contributed by atoms with E-state index in [1.807, 2.05) is 13.0 Å². The molecule has 3 heterocycles. The SMILES string of the molecule is CC(=O)NC[C@H]1CN(c2cc(F)c3c(c2)CCCc2c(-c4cc(C)on4)n[nH]c2-3)C(=O)O1. The minimum Gasteiger partial charge on any atom is -0.442 e. The van der Waals surface area contributed by atoms with Crippen LogP contribution in [0.4, 0.5) is 14.9 Å². The number of fused-ring (bicyclic) bond motifs is 3. The van der Waals surface area contributed by atoms with E-state index < -0.39 is 18.0 Å². The molecular weight excluding hydrogens is 417 g/mol. The molecule has 2 N–H and O–H groups in total. The Balaban J connectivity index is 1.48. The number of aryl methyl sites for hydroxylation is 2. The highest BCUT2D eigenvalue weighted by Crippen LogP contribution is 2.39. The Kier molecular flexibility index (Phi) is 4.91. The first-order chi connectivity index (χ1) is 15.4. The van der Waals surface area contributed by atoms with Crippen molar-refractivity contribution in [3.05, 3.63) is 40.9 Å². The number of rotatable bonds is 4. The topological polar surface area (TPSA) is 113 Å². The van der Waals surface area contributed by atoms with E-state index in [1.165, 1.54) is 17.9 Å². The average Bonchev–Trinajstić information content (AvgIpc) is 3.42. The minimum atomic E-state index is -0.556. The molecule has 1 fully saturated rings. The van der Waals surface area contributed by atoms with E-state index in [4.69, 9.17) is 9.26 Å². The number of aromatic nitrogens is 3. The number of carbonyl (C=O) groups is 2. The molecule has 0 unspecified atom stereocenters. The molecule has 1 aliphatic carbocycles. The lowest BCUT2D eigenvalue weighted by Gasteiger charge is -2.17. The Morgan fingerprint density at radius 3 is 2.94 bits per heavy atom. The lowest BCUT2D eigenvalue weighted by molar-refractivity contribution is -0.119. The van der Waals surface area contributed by atoms with Gasteiger partial charge in [-0.3, -0.25) is 14.8 Å². The van der Waals surface area contributed by atoms with Crippen LogP contribution < -0.4 is 10.2 Å². The Morgan fingerprint density at radius 1 is 1.34 bits per heavy atom. The quantitative estimate of drug-likeness (QED) is 0.646. The van der Waals surface area contributed by atoms with Gasteiger partial charge < -0.3 is 14.6 Å². The number of nitrogens with one attached hydrogen (secondary N) is 2. The van der Waals surface area contributed by atoms with E-state index in [2.05, 4.69) is 20.7 Å². The van der Waals surface area contributed by atoms with Gasteiger partial charge in [0.05, 0.1) is 24.5 Å². The summed E-state index contributed by atoms with van der Waals surface area (Å²) in [5.41, 5.74) is 4.50. The molecule has 0 radical (unpaired) electrons. The standard InChI is InChI=1S/C22H22FN5O4/c1-11-6-18(27-32-11)20-16-5-3-4-13-7-14(8-17(23)19(13)21(16)26-25-20)28-10-15(31-22(28)30)9-24-12(2)29/h6-8,15H,3-5,9-10H2,1-2H3,(H,24,29)(H,25,26)/t15-/m0/s1. The number of benzene rings is 1. The summed E-state index contributed by atoms with van der Waals surface area (Å²) in [5, 5.41) is 14.1. The van der Waals surface area contributed by atoms with Crippen LogP contribution in [0.1, 0.15) is 30.2 Å². The molecule has 3 aromatic rings. The van der Waals surface area contributed by atoms with Crippen molar-refractivity contribution in [2.24, 2.45) is 0 Å². The Bertz CT molecular complexity index is 1220. The molecule has 9 nitrogen and oxygen atoms in total. The molecule has 1 aromatic carbocycles. The fourth-order valence-electron chi connectivity index (χ4n) is 4.34. The van der Waals surface area contributed by atoms with E-state index in [-0.39, 0.29) is 19.0 Å². The highest BCUT2D eigenvalue weighted by molar-refractivity contribution is 5.91. The van der Waals surface area contributed by atoms with Crippen LogP contribution in [-0.2, 0) is 22.4 Å². The minimum absolute atomic E-state index is 0.203. The van der Waals surface area contributed by atoms with Crippen LogP contribution in [-0.4, -0.2) is 46.5 Å². The highest BCUT2D eigenvalue weighted by atomic mass is 19.1. The summed E-state index contributed by atoms with van der Waals surface area (Å²) in [4.78, 5) is 24.9. The second kappa shape index (κ2) is 7.77. The summed E-state index contributed by atoms with van der Waals surface area (Å²) in [7, 11) is 0. The summed E-state index contributed by atoms with van der Waals surface area (Å²) >= 11 is 0. The smallest absolute Gasteiger partial charge is 0.414 e. The zero-order valence-corrected chi connectivity index (χ0v) is 17.7. The summed E-state index contributed by atoms with van der Waals surface area (Å²) in [6.07, 6.45) is 1.11. The fraction of sp³-hybridized carbons (Fsp3) is 0.364. The maximum Gasteiger partial charge on any atom is 0.414 e. The number of aromatic amines is 1. The van der Waals surface area contributed by atoms with Crippen molar-refractivity contribution in [1.29, 1.82) is 0 Å². The number of amides is 2. The average molecular weight is 439 g/mol. The largest absolute Gasteiger partial charge is 0.442 e. The number of carbonyl (C=O) groups excluding carboxylic acids is 2. The van der Waals surface area contributed by atoms with E-state index in [0.717, 1.165) is 17.5 Å². The van der Waals surface area contributed by atoms with Crippen LogP contribution in [0, 0.1) is 12.7 Å². The van der Waals surface area contributed by atoms with Crippen molar-refractivity contribution >= 4 is 17.7 Å². The third kappa shape index (κ3) is 3.51. The normalized spacial score (nSPS) is 17.5. The van der Waals surface area contributed by atoms with Gasteiger partial charge in [-0.15, -0.1) is 0 Å². The van der Waals surface area contributed by atoms with E-state index >= 15 is 4.39 Å². The molecule has 166 valence electrons. The number of hydrogen-bond donors (Lipinski definition) is 2. The zero-order valence-electron chi connectivity index (χ0n) is 17.7. The first-order valence-electron chi connectivity index (χ1n) is 10.5. The second-order valence-corrected chi connectivity index (χ2v) is 8.12. The van der Waals surface area contributed by atoms with Gasteiger partial charge in [-0.2, -0.15) is 5.10 Å². The Hall–Kier alpha value is -3.69. The number of nitrogens with zero attached hydrogens (tertiary/aromatic N) is 3. The van der Waals surface area contributed by atoms with Gasteiger partial charge in [0, 0.05) is 24.1 Å². The molecule has 5 rings (SSSR count). The number of hydrogen-bond acceptors (Lipinski definition) is 6. The Morgan fingerprint density at radius 2 is 2.19 bits per heavy atom. The number of H-pyrrole nitrogens is 1. The van der Waals surface area contributed by atoms with Gasteiger partial charge >= 0.3 is 6.09 Å². The molecular formula is C22H22FN5O4. The third-order valence-electron chi connectivity index (χ3n) is 5.78. The maximum atomic E-state index is 15.4. The zero-order chi connectivity index (χ0) is 22.4. The fourth-order valence-corrected chi connectivity index (χ4v) is 4.34. The molecule has 0 saturated carbocycles. The lowest BCUT2D eigenvalue weighted by Crippen LogP contribution is -2.33. The molecule has 0 spiro atoms. The molecule has 32 heavy (non-hydrogen) atoms. The monoisotopic (exact) mass is 439 g/mol. The van der Waals surface area contributed by atoms with Crippen LogP contribution in [0.25, 0.3) is 22.6 Å². The van der Waals surface area contributed by atoms with E-state index in [0.29, 0.717) is 46.9 Å². The molecule has 1 saturated heterocycles. The number of anilines is 1. The molecule has 10 heteroatoms. The second-order valence-electron chi connectivity index (χ2n) is 8.12. The van der Waals surface area contributed by atoms with Crippen LogP contribution in [0.15, 0.2) is 22.7 Å². The highest BCUT2D eigenvalue weighted by Gasteiger charge is 2.34. The third-order valence-corrected chi connectivity index (χ3v) is 5.78. The van der Waals surface area contributed by atoms with E-state index in [1.54, 1.807) is 6.07 Å². The van der Waals surface area contributed by atoms with E-state index in [9.17, 15) is 9.59 Å². The maximum absolute atomic E-state index is 15.4. The van der Waals surface area contributed by atoms with Gasteiger partial charge in [0.25, 0.3) is 0 Å². The first kappa shape index (κ1) is 20.2. The summed E-state index contributed by atoms with van der Waals surface area (Å²) in [6.45, 7) is 3.66. The molecule has 2 aliphatic rings. The van der Waals surface area contributed by atoms with Gasteiger partial charge in [0.1, 0.15) is 29.1 Å². The lowest BCUT2D eigenvalue weighted by atomic mass is 9.99. The Labute approximate surface area is 182 Å². The van der Waals surface area contributed by atoms with Crippen molar-refractivity contribution in [3.63, 3.8) is 0 Å². The van der Waals surface area contributed by atoms with Gasteiger partial charge in [0.15, 0.2) is 0 Å². The van der Waals surface area contributed by atoms with Crippen LogP contribution in [0.5, 0.6) is 0 Å². The van der Waals surface area contributed by atoms with Gasteiger partial charge in [-0.05, 0) is 43.9 Å². The number of cyclic esters (lactones) is 1. The van der Waals surface area contributed by atoms with Crippen LogP contribution in [0.3, 0.4) is 0 Å². The van der Waals surface area contributed by atoms with Crippen molar-refractivity contribution in [2.45, 2.75) is 39.2 Å². The van der Waals surface area contributed by atoms with Gasteiger partial charge in [-0.1, -0.05) is 5.16 Å². The van der Waals surface area contributed by atoms with Crippen molar-refractivity contribution in [3.8, 4) is 22.6 Å². The molecule has 2 aromatic heterocycles. The van der Waals surface area contributed by atoms with Crippen molar-refractivity contribution in [1.82, 2.24) is 20.7 Å². The molecule has 0 bridgehead atoms. The molecule has 1 atom stereocenters. The van der Waals surface area contributed by atoms with Gasteiger partial charge in [-0.25, -0.2) is 9.18 Å². The van der Waals surface area contributed by atoms with Crippen molar-refractivity contribution in [2.75, 3.05) is 18.0 Å². The summed E-state index contributed by atoms with van der Waals surface area (Å²) < 4.78 is 25.9. The predicted octanol–water partition coefficient (Wildman–Crippen LogP) is 3.13. The first-order valence-corrected chi connectivity index (χ1v) is 10.5. The number of halogens is 1. The van der Waals surface area contributed by atoms with Gasteiger partial charge in [0.2, 0.25) is 5.91 Å². The predicted molar refractivity (Wildman–Crippen MR) is 113 cm³/mol. The van der Waals surface area contributed by atoms with Crippen LogP contribution in [0.2, 0.25) is 0 Å². The summed E-state index contributed by atoms with van der Waals surface area (Å²) in [6, 6.07) is 4.98. The van der Waals surface area contributed by atoms with Crippen molar-refractivity contribution < 1.29 is 23.2 Å². The molecule has 1 aliphatic heterocycles. The summed E-state index contributed by atoms with van der Waals surface area (Å²) in [5.74, 6) is 0.0345.